The Bertz CT molecular complexity index is 462. The average molecular weight is 321 g/mol. The zero-order valence-electron chi connectivity index (χ0n) is 7.63. The van der Waals surface area contributed by atoms with Crippen LogP contribution in [0.5, 0.6) is 0 Å². The number of halogens is 6. The lowest BCUT2D eigenvalue weighted by atomic mass is 10.1. The van der Waals surface area contributed by atoms with Gasteiger partial charge in [-0.15, -0.1) is 0 Å². The Morgan fingerprint density at radius 1 is 1.41 bits per heavy atom. The first-order valence-corrected chi connectivity index (χ1v) is 4.63. The van der Waals surface area contributed by atoms with E-state index in [1.54, 1.807) is 0 Å². The summed E-state index contributed by atoms with van der Waals surface area (Å²) in [5, 5.41) is 10.5. The van der Waals surface area contributed by atoms with Crippen LogP contribution in [0.2, 0.25) is 0 Å². The molecule has 0 saturated carbocycles. The molecule has 0 bridgehead atoms. The van der Waals surface area contributed by atoms with Gasteiger partial charge < -0.3 is 0 Å². The highest BCUT2D eigenvalue weighted by Gasteiger charge is 2.41. The second kappa shape index (κ2) is 4.51. The fourth-order valence-electron chi connectivity index (χ4n) is 1.11. The molecule has 0 amide bonds. The van der Waals surface area contributed by atoms with Gasteiger partial charge in [0.15, 0.2) is 4.60 Å². The SMILES string of the molecule is O=[N+]([O-])c1c(Br)ncc(C(F)(F)F)c1C(F)F. The molecule has 17 heavy (non-hydrogen) atoms. The van der Waals surface area contributed by atoms with E-state index in [0.29, 0.717) is 0 Å². The molecule has 4 nitrogen and oxygen atoms in total. The molecule has 0 fully saturated rings. The summed E-state index contributed by atoms with van der Waals surface area (Å²) in [5.74, 6) is 0. The van der Waals surface area contributed by atoms with Gasteiger partial charge in [0.2, 0.25) is 0 Å². The van der Waals surface area contributed by atoms with Gasteiger partial charge in [-0.1, -0.05) is 0 Å². The molecular weight excluding hydrogens is 319 g/mol. The summed E-state index contributed by atoms with van der Waals surface area (Å²) in [6.07, 6.45) is -8.64. The minimum atomic E-state index is -5.13. The van der Waals surface area contributed by atoms with Crippen LogP contribution in [0.15, 0.2) is 10.8 Å². The second-order valence-corrected chi connectivity index (χ2v) is 3.53. The maximum Gasteiger partial charge on any atom is 0.418 e. The van der Waals surface area contributed by atoms with Crippen LogP contribution in [0, 0.1) is 10.1 Å². The second-order valence-electron chi connectivity index (χ2n) is 2.78. The summed E-state index contributed by atoms with van der Waals surface area (Å²) in [7, 11) is 0. The average Bonchev–Trinajstić information content (AvgIpc) is 2.14. The third kappa shape index (κ3) is 2.68. The summed E-state index contributed by atoms with van der Waals surface area (Å²) in [5.41, 5.74) is -4.89. The molecule has 1 aromatic rings. The van der Waals surface area contributed by atoms with Gasteiger partial charge in [0.25, 0.3) is 6.43 Å². The molecule has 0 N–H and O–H groups in total. The van der Waals surface area contributed by atoms with Crippen molar-refractivity contribution < 1.29 is 26.9 Å². The molecule has 0 spiro atoms. The summed E-state index contributed by atoms with van der Waals surface area (Å²) in [4.78, 5) is 12.2. The van der Waals surface area contributed by atoms with Crippen molar-refractivity contribution >= 4 is 21.6 Å². The lowest BCUT2D eigenvalue weighted by Gasteiger charge is -2.12. The van der Waals surface area contributed by atoms with E-state index in [-0.39, 0.29) is 6.20 Å². The number of nitro groups is 1. The number of rotatable bonds is 2. The third-order valence-corrected chi connectivity index (χ3v) is 2.33. The molecule has 0 unspecified atom stereocenters. The van der Waals surface area contributed by atoms with Crippen molar-refractivity contribution in [3.63, 3.8) is 0 Å². The van der Waals surface area contributed by atoms with Crippen LogP contribution in [-0.4, -0.2) is 9.91 Å². The van der Waals surface area contributed by atoms with Gasteiger partial charge in [0.1, 0.15) is 5.56 Å². The Morgan fingerprint density at radius 3 is 2.29 bits per heavy atom. The van der Waals surface area contributed by atoms with Crippen molar-refractivity contribution in [2.24, 2.45) is 0 Å². The number of aromatic nitrogens is 1. The molecule has 0 aliphatic rings. The topological polar surface area (TPSA) is 56.0 Å². The van der Waals surface area contributed by atoms with Crippen molar-refractivity contribution in [2.45, 2.75) is 12.6 Å². The van der Waals surface area contributed by atoms with Crippen molar-refractivity contribution in [1.29, 1.82) is 0 Å². The summed E-state index contributed by atoms with van der Waals surface area (Å²) in [6.45, 7) is 0. The smallest absolute Gasteiger partial charge is 0.258 e. The van der Waals surface area contributed by atoms with E-state index in [4.69, 9.17) is 0 Å². The zero-order chi connectivity index (χ0) is 13.4. The number of hydrogen-bond acceptors (Lipinski definition) is 3. The van der Waals surface area contributed by atoms with Gasteiger partial charge in [-0.2, -0.15) is 13.2 Å². The molecule has 0 aromatic carbocycles. The van der Waals surface area contributed by atoms with E-state index < -0.39 is 38.9 Å². The van der Waals surface area contributed by atoms with Gasteiger partial charge in [-0.3, -0.25) is 10.1 Å². The van der Waals surface area contributed by atoms with Crippen LogP contribution < -0.4 is 0 Å². The van der Waals surface area contributed by atoms with Gasteiger partial charge in [-0.05, 0) is 15.9 Å². The Morgan fingerprint density at radius 2 is 1.94 bits per heavy atom. The highest BCUT2D eigenvalue weighted by molar-refractivity contribution is 9.10. The van der Waals surface area contributed by atoms with E-state index in [0.717, 1.165) is 0 Å². The molecule has 94 valence electrons. The van der Waals surface area contributed by atoms with Crippen molar-refractivity contribution in [2.75, 3.05) is 0 Å². The van der Waals surface area contributed by atoms with Crippen LogP contribution in [-0.2, 0) is 6.18 Å². The molecular formula is C7H2BrF5N2O2. The van der Waals surface area contributed by atoms with Crippen molar-refractivity contribution in [3.8, 4) is 0 Å². The van der Waals surface area contributed by atoms with E-state index in [1.807, 2.05) is 0 Å². The molecule has 0 radical (unpaired) electrons. The fraction of sp³-hybridized carbons (Fsp3) is 0.286. The first-order chi connectivity index (χ1) is 7.66. The van der Waals surface area contributed by atoms with Gasteiger partial charge in [0.05, 0.1) is 10.5 Å². The van der Waals surface area contributed by atoms with Gasteiger partial charge >= 0.3 is 11.9 Å². The highest BCUT2D eigenvalue weighted by Crippen LogP contribution is 2.42. The summed E-state index contributed by atoms with van der Waals surface area (Å²) in [6, 6.07) is 0. The Hall–Kier alpha value is -1.32. The molecule has 1 heterocycles. The maximum atomic E-state index is 12.5. The van der Waals surface area contributed by atoms with Gasteiger partial charge in [-0.25, -0.2) is 13.8 Å². The van der Waals surface area contributed by atoms with Gasteiger partial charge in [0, 0.05) is 6.20 Å². The highest BCUT2D eigenvalue weighted by atomic mass is 79.9. The zero-order valence-corrected chi connectivity index (χ0v) is 9.22. The minimum Gasteiger partial charge on any atom is -0.258 e. The van der Waals surface area contributed by atoms with E-state index in [9.17, 15) is 32.1 Å². The first-order valence-electron chi connectivity index (χ1n) is 3.84. The largest absolute Gasteiger partial charge is 0.418 e. The van der Waals surface area contributed by atoms with Crippen LogP contribution in [0.1, 0.15) is 17.6 Å². The number of hydrogen-bond donors (Lipinski definition) is 0. The third-order valence-electron chi connectivity index (χ3n) is 1.75. The number of pyridine rings is 1. The standard InChI is InChI=1S/C7H2BrF5N2O2/c8-5-4(15(16)17)3(6(9)10)2(1-14-5)7(11,12)13/h1,6H. The molecule has 10 heteroatoms. The Balaban J connectivity index is 3.65. The Kier molecular flexibility index (Phi) is 3.65. The molecule has 0 saturated heterocycles. The molecule has 1 rings (SSSR count). The van der Waals surface area contributed by atoms with E-state index in [2.05, 4.69) is 20.9 Å². The molecule has 0 aliphatic carbocycles. The summed E-state index contributed by atoms with van der Waals surface area (Å²) < 4.78 is 61.5. The quantitative estimate of drug-likeness (QED) is 0.361. The van der Waals surface area contributed by atoms with Crippen LogP contribution in [0.4, 0.5) is 27.6 Å². The molecule has 1 aromatic heterocycles. The lowest BCUT2D eigenvalue weighted by molar-refractivity contribution is -0.387. The van der Waals surface area contributed by atoms with E-state index >= 15 is 0 Å². The monoisotopic (exact) mass is 320 g/mol. The van der Waals surface area contributed by atoms with Crippen molar-refractivity contribution in [3.05, 3.63) is 32.0 Å². The van der Waals surface area contributed by atoms with Crippen LogP contribution in [0.25, 0.3) is 0 Å². The van der Waals surface area contributed by atoms with Crippen molar-refractivity contribution in [1.82, 2.24) is 4.98 Å². The van der Waals surface area contributed by atoms with Crippen LogP contribution >= 0.6 is 15.9 Å². The Labute approximate surface area is 98.7 Å². The number of alkyl halides is 5. The minimum absolute atomic E-state index is 0.124. The van der Waals surface area contributed by atoms with Crippen LogP contribution in [0.3, 0.4) is 0 Å². The van der Waals surface area contributed by atoms with E-state index in [1.165, 1.54) is 0 Å². The normalized spacial score (nSPS) is 11.9. The predicted octanol–water partition coefficient (Wildman–Crippen LogP) is 3.71. The lowest BCUT2D eigenvalue weighted by Crippen LogP contribution is -2.13. The fourth-order valence-corrected chi connectivity index (χ4v) is 1.57. The number of nitrogens with zero attached hydrogens (tertiary/aromatic N) is 2. The molecule has 0 atom stereocenters. The first kappa shape index (κ1) is 13.7. The predicted molar refractivity (Wildman–Crippen MR) is 48.6 cm³/mol. The molecule has 0 aliphatic heterocycles. The maximum absolute atomic E-state index is 12.5. The summed E-state index contributed by atoms with van der Waals surface area (Å²) >= 11 is 2.46.